The highest BCUT2D eigenvalue weighted by molar-refractivity contribution is 9.10. The van der Waals surface area contributed by atoms with E-state index < -0.39 is 5.56 Å². The molecule has 2 aromatic rings. The maximum Gasteiger partial charge on any atom is 0.289 e. The second-order valence-corrected chi connectivity index (χ2v) is 6.14. The summed E-state index contributed by atoms with van der Waals surface area (Å²) in [6, 6.07) is 7.26. The molecule has 2 rings (SSSR count). The van der Waals surface area contributed by atoms with Gasteiger partial charge in [-0.3, -0.25) is 4.79 Å². The van der Waals surface area contributed by atoms with Crippen molar-refractivity contribution in [3.05, 3.63) is 55.4 Å². The molecular weight excluding hydrogens is 386 g/mol. The summed E-state index contributed by atoms with van der Waals surface area (Å²) in [5.41, 5.74) is 1.66. The number of methoxy groups -OCH3 is 1. The van der Waals surface area contributed by atoms with Crippen molar-refractivity contribution in [1.29, 1.82) is 5.26 Å². The van der Waals surface area contributed by atoms with Crippen molar-refractivity contribution in [3.8, 4) is 17.6 Å². The van der Waals surface area contributed by atoms with Crippen LogP contribution in [-0.4, -0.2) is 24.6 Å². The van der Waals surface area contributed by atoms with Gasteiger partial charge in [-0.15, -0.1) is 0 Å². The normalized spacial score (nSPS) is 10.7. The minimum atomic E-state index is -0.437. The zero-order chi connectivity index (χ0) is 18.6. The zero-order valence-electron chi connectivity index (χ0n) is 14.5. The molecule has 130 valence electrons. The molecule has 0 aliphatic carbocycles. The van der Waals surface area contributed by atoms with Gasteiger partial charge in [0.05, 0.1) is 24.4 Å². The van der Waals surface area contributed by atoms with Crippen LogP contribution in [0.15, 0.2) is 32.6 Å². The Balaban J connectivity index is 2.49. The van der Waals surface area contributed by atoms with Crippen LogP contribution in [0.5, 0.6) is 11.5 Å². The number of benzene rings is 1. The average Bonchev–Trinajstić information content (AvgIpc) is 2.56. The molecular formula is C18H18BrN3O3. The molecule has 0 bridgehead atoms. The van der Waals surface area contributed by atoms with Crippen molar-refractivity contribution in [3.63, 3.8) is 0 Å². The summed E-state index contributed by atoms with van der Waals surface area (Å²) >= 11 is 3.45. The van der Waals surface area contributed by atoms with E-state index >= 15 is 0 Å². The maximum absolute atomic E-state index is 12.4. The Morgan fingerprint density at radius 1 is 1.36 bits per heavy atom. The van der Waals surface area contributed by atoms with Crippen molar-refractivity contribution in [2.75, 3.05) is 13.7 Å². The molecule has 0 aliphatic rings. The Hall–Kier alpha value is -2.59. The molecule has 0 saturated heterocycles. The van der Waals surface area contributed by atoms with E-state index in [0.717, 1.165) is 10.0 Å². The first-order chi connectivity index (χ1) is 11.9. The van der Waals surface area contributed by atoms with E-state index in [2.05, 4.69) is 21.0 Å². The van der Waals surface area contributed by atoms with Gasteiger partial charge >= 0.3 is 0 Å². The maximum atomic E-state index is 12.4. The smallest absolute Gasteiger partial charge is 0.289 e. The number of aryl methyl sites for hydroxylation is 2. The van der Waals surface area contributed by atoms with E-state index in [1.165, 1.54) is 10.9 Å². The quantitative estimate of drug-likeness (QED) is 0.716. The Morgan fingerprint density at radius 2 is 2.08 bits per heavy atom. The molecule has 1 aromatic heterocycles. The molecule has 0 N–H and O–H groups in total. The van der Waals surface area contributed by atoms with Crippen LogP contribution in [0, 0.1) is 25.2 Å². The number of hydrogen-bond donors (Lipinski definition) is 0. The van der Waals surface area contributed by atoms with E-state index in [4.69, 9.17) is 14.7 Å². The van der Waals surface area contributed by atoms with Gasteiger partial charge in [0.25, 0.3) is 5.56 Å². The molecule has 0 saturated carbocycles. The summed E-state index contributed by atoms with van der Waals surface area (Å²) in [6.45, 7) is 5.90. The minimum Gasteiger partial charge on any atom is -0.493 e. The molecule has 7 heteroatoms. The van der Waals surface area contributed by atoms with Crippen LogP contribution in [0.3, 0.4) is 0 Å². The van der Waals surface area contributed by atoms with Gasteiger partial charge in [0, 0.05) is 5.69 Å². The predicted molar refractivity (Wildman–Crippen MR) is 99.7 cm³/mol. The van der Waals surface area contributed by atoms with E-state index in [9.17, 15) is 4.79 Å². The molecule has 0 amide bonds. The molecule has 0 aliphatic heterocycles. The van der Waals surface area contributed by atoms with E-state index in [1.54, 1.807) is 33.1 Å². The predicted octanol–water partition coefficient (Wildman–Crippen LogP) is 3.39. The van der Waals surface area contributed by atoms with Crippen LogP contribution in [0.25, 0.3) is 0 Å². The van der Waals surface area contributed by atoms with Crippen LogP contribution >= 0.6 is 15.9 Å². The number of aromatic nitrogens is 1. The summed E-state index contributed by atoms with van der Waals surface area (Å²) in [4.78, 5) is 12.4. The number of rotatable bonds is 5. The van der Waals surface area contributed by atoms with Crippen LogP contribution in [-0.2, 0) is 0 Å². The minimum absolute atomic E-state index is 0.0909. The molecule has 0 fully saturated rings. The van der Waals surface area contributed by atoms with Crippen LogP contribution < -0.4 is 15.0 Å². The number of nitrogens with zero attached hydrogens (tertiary/aromatic N) is 3. The molecule has 25 heavy (non-hydrogen) atoms. The van der Waals surface area contributed by atoms with Gasteiger partial charge in [-0.25, -0.2) is 4.68 Å². The van der Waals surface area contributed by atoms with Crippen LogP contribution in [0.4, 0.5) is 0 Å². The fourth-order valence-corrected chi connectivity index (χ4v) is 2.96. The molecule has 0 atom stereocenters. The fraction of sp³-hybridized carbons (Fsp3) is 0.278. The first kappa shape index (κ1) is 18.7. The third-order valence-corrected chi connectivity index (χ3v) is 4.12. The summed E-state index contributed by atoms with van der Waals surface area (Å²) in [6.07, 6.45) is 1.54. The third kappa shape index (κ3) is 3.91. The number of ether oxygens (including phenoxy) is 2. The van der Waals surface area contributed by atoms with E-state index in [1.807, 2.05) is 19.1 Å². The van der Waals surface area contributed by atoms with Crippen molar-refractivity contribution in [2.24, 2.45) is 5.10 Å². The average molecular weight is 404 g/mol. The monoisotopic (exact) mass is 403 g/mol. The van der Waals surface area contributed by atoms with E-state index in [0.29, 0.717) is 29.4 Å². The summed E-state index contributed by atoms with van der Waals surface area (Å²) in [7, 11) is 1.55. The van der Waals surface area contributed by atoms with Crippen LogP contribution in [0.1, 0.15) is 29.3 Å². The largest absolute Gasteiger partial charge is 0.493 e. The van der Waals surface area contributed by atoms with Crippen molar-refractivity contribution in [1.82, 2.24) is 4.68 Å². The fourth-order valence-electron chi connectivity index (χ4n) is 2.38. The second-order valence-electron chi connectivity index (χ2n) is 5.28. The number of nitriles is 1. The first-order valence-corrected chi connectivity index (χ1v) is 8.40. The van der Waals surface area contributed by atoms with E-state index in [-0.39, 0.29) is 5.56 Å². The van der Waals surface area contributed by atoms with Gasteiger partial charge in [0.2, 0.25) is 0 Å². The number of hydrogen-bond acceptors (Lipinski definition) is 5. The van der Waals surface area contributed by atoms with Gasteiger partial charge in [0.15, 0.2) is 11.5 Å². The van der Waals surface area contributed by atoms with Gasteiger partial charge in [0.1, 0.15) is 11.6 Å². The molecule has 0 unspecified atom stereocenters. The van der Waals surface area contributed by atoms with Gasteiger partial charge in [-0.1, -0.05) is 0 Å². The lowest BCUT2D eigenvalue weighted by molar-refractivity contribution is 0.309. The van der Waals surface area contributed by atoms with Gasteiger partial charge < -0.3 is 9.47 Å². The second kappa shape index (κ2) is 7.99. The lowest BCUT2D eigenvalue weighted by Gasteiger charge is -2.12. The highest BCUT2D eigenvalue weighted by Crippen LogP contribution is 2.36. The third-order valence-electron chi connectivity index (χ3n) is 3.53. The summed E-state index contributed by atoms with van der Waals surface area (Å²) in [5, 5.41) is 13.4. The Labute approximate surface area is 154 Å². The molecule has 0 radical (unpaired) electrons. The standard InChI is InChI=1S/C18H18BrN3O3/c1-5-25-17-15(19)7-13(8-16(17)24-4)10-21-22-12(3)6-11(2)14(9-20)18(22)23/h6-8,10H,5H2,1-4H3. The van der Waals surface area contributed by atoms with Crippen LogP contribution in [0.2, 0.25) is 0 Å². The number of pyridine rings is 1. The highest BCUT2D eigenvalue weighted by atomic mass is 79.9. The van der Waals surface area contributed by atoms with Crippen molar-refractivity contribution >= 4 is 22.1 Å². The first-order valence-electron chi connectivity index (χ1n) is 7.61. The Morgan fingerprint density at radius 3 is 2.68 bits per heavy atom. The summed E-state index contributed by atoms with van der Waals surface area (Å²) < 4.78 is 12.8. The molecule has 1 heterocycles. The summed E-state index contributed by atoms with van der Waals surface area (Å²) in [5.74, 6) is 1.17. The zero-order valence-corrected chi connectivity index (χ0v) is 16.0. The molecule has 0 spiro atoms. The van der Waals surface area contributed by atoms with Gasteiger partial charge in [-0.05, 0) is 66.0 Å². The van der Waals surface area contributed by atoms with Crippen molar-refractivity contribution < 1.29 is 9.47 Å². The number of halogens is 1. The Kier molecular flexibility index (Phi) is 5.99. The van der Waals surface area contributed by atoms with Gasteiger partial charge in [-0.2, -0.15) is 10.4 Å². The molecule has 6 nitrogen and oxygen atoms in total. The Bertz CT molecular complexity index is 927. The molecule has 1 aromatic carbocycles. The lowest BCUT2D eigenvalue weighted by Crippen LogP contribution is -2.22. The SMILES string of the molecule is CCOc1c(Br)cc(C=Nn2c(C)cc(C)c(C#N)c2=O)cc1OC. The topological polar surface area (TPSA) is 76.6 Å². The lowest BCUT2D eigenvalue weighted by atomic mass is 10.1. The van der Waals surface area contributed by atoms with Crippen molar-refractivity contribution in [2.45, 2.75) is 20.8 Å². The highest BCUT2D eigenvalue weighted by Gasteiger charge is 2.12.